The number of ether oxygens (including phenoxy) is 1. The van der Waals surface area contributed by atoms with E-state index in [4.69, 9.17) is 4.74 Å². The second-order valence-corrected chi connectivity index (χ2v) is 7.03. The van der Waals surface area contributed by atoms with Crippen molar-refractivity contribution in [3.8, 4) is 0 Å². The number of fused-ring (bicyclic) bond motifs is 1. The molecule has 26 heavy (non-hydrogen) atoms. The predicted molar refractivity (Wildman–Crippen MR) is 102 cm³/mol. The molecule has 3 rings (SSSR count). The normalized spacial score (nSPS) is 11.9. The zero-order valence-electron chi connectivity index (χ0n) is 14.5. The van der Waals surface area contributed by atoms with Gasteiger partial charge in [0.1, 0.15) is 0 Å². The third-order valence-electron chi connectivity index (χ3n) is 3.87. The highest BCUT2D eigenvalue weighted by Crippen LogP contribution is 2.22. The SMILES string of the molecule is C[C@@H](OC(=O)CCc1nc2ccccc2s1)C(=O)NCc1ccccc1. The van der Waals surface area contributed by atoms with E-state index in [1.54, 1.807) is 18.3 Å². The standard InChI is InChI=1S/C20H20N2O3S/c1-14(20(24)21-13-15-7-3-2-4-8-15)25-19(23)12-11-18-22-16-9-5-6-10-17(16)26-18/h2-10,14H,11-13H2,1H3,(H,21,24)/t14-/m1/s1. The first-order valence-electron chi connectivity index (χ1n) is 8.47. The number of carbonyl (C=O) groups is 2. The fourth-order valence-corrected chi connectivity index (χ4v) is 3.44. The summed E-state index contributed by atoms with van der Waals surface area (Å²) in [6.07, 6.45) is -0.103. The van der Waals surface area contributed by atoms with Gasteiger partial charge in [0.25, 0.3) is 5.91 Å². The molecule has 0 saturated carbocycles. The molecule has 0 aliphatic heterocycles. The quantitative estimate of drug-likeness (QED) is 0.648. The summed E-state index contributed by atoms with van der Waals surface area (Å²) < 4.78 is 6.32. The van der Waals surface area contributed by atoms with Crippen LogP contribution < -0.4 is 5.32 Å². The number of aryl methyl sites for hydroxylation is 1. The minimum atomic E-state index is -0.818. The second kappa shape index (κ2) is 8.58. The summed E-state index contributed by atoms with van der Waals surface area (Å²) in [7, 11) is 0. The van der Waals surface area contributed by atoms with E-state index in [1.807, 2.05) is 54.6 Å². The number of nitrogens with zero attached hydrogens (tertiary/aromatic N) is 1. The molecule has 0 aliphatic carbocycles. The van der Waals surface area contributed by atoms with Crippen molar-refractivity contribution in [3.63, 3.8) is 0 Å². The minimum absolute atomic E-state index is 0.204. The van der Waals surface area contributed by atoms with Gasteiger partial charge < -0.3 is 10.1 Å². The number of hydrogen-bond acceptors (Lipinski definition) is 5. The van der Waals surface area contributed by atoms with Crippen molar-refractivity contribution in [2.45, 2.75) is 32.4 Å². The van der Waals surface area contributed by atoms with E-state index in [2.05, 4.69) is 10.3 Å². The molecule has 6 heteroatoms. The number of nitrogens with one attached hydrogen (secondary N) is 1. The van der Waals surface area contributed by atoms with Crippen LogP contribution in [-0.2, 0) is 27.3 Å². The van der Waals surface area contributed by atoms with Crippen molar-refractivity contribution in [2.75, 3.05) is 0 Å². The monoisotopic (exact) mass is 368 g/mol. The number of hydrogen-bond donors (Lipinski definition) is 1. The van der Waals surface area contributed by atoms with Crippen molar-refractivity contribution in [2.24, 2.45) is 0 Å². The van der Waals surface area contributed by atoms with E-state index in [-0.39, 0.29) is 12.3 Å². The number of benzene rings is 2. The van der Waals surface area contributed by atoms with Crippen molar-refractivity contribution in [1.82, 2.24) is 10.3 Å². The lowest BCUT2D eigenvalue weighted by Gasteiger charge is -2.13. The van der Waals surface area contributed by atoms with Gasteiger partial charge in [-0.1, -0.05) is 42.5 Å². The van der Waals surface area contributed by atoms with E-state index in [0.717, 1.165) is 20.8 Å². The molecule has 1 aromatic heterocycles. The van der Waals surface area contributed by atoms with Gasteiger partial charge in [-0.3, -0.25) is 9.59 Å². The number of esters is 1. The molecular formula is C20H20N2O3S. The molecule has 0 aliphatic rings. The molecule has 1 atom stereocenters. The van der Waals surface area contributed by atoms with Crippen LogP contribution in [-0.4, -0.2) is 23.0 Å². The van der Waals surface area contributed by atoms with E-state index in [9.17, 15) is 9.59 Å². The smallest absolute Gasteiger partial charge is 0.306 e. The van der Waals surface area contributed by atoms with Crippen LogP contribution in [0.4, 0.5) is 0 Å². The van der Waals surface area contributed by atoms with E-state index < -0.39 is 12.1 Å². The van der Waals surface area contributed by atoms with Crippen molar-refractivity contribution in [1.29, 1.82) is 0 Å². The van der Waals surface area contributed by atoms with Gasteiger partial charge in [-0.25, -0.2) is 4.98 Å². The van der Waals surface area contributed by atoms with Crippen LogP contribution in [0.2, 0.25) is 0 Å². The fraction of sp³-hybridized carbons (Fsp3) is 0.250. The highest BCUT2D eigenvalue weighted by Gasteiger charge is 2.17. The molecule has 0 saturated heterocycles. The molecular weight excluding hydrogens is 348 g/mol. The molecule has 1 heterocycles. The summed E-state index contributed by atoms with van der Waals surface area (Å²) in [4.78, 5) is 28.5. The summed E-state index contributed by atoms with van der Waals surface area (Å²) >= 11 is 1.57. The summed E-state index contributed by atoms with van der Waals surface area (Å²) in [6.45, 7) is 1.99. The number of rotatable bonds is 7. The topological polar surface area (TPSA) is 68.3 Å². The minimum Gasteiger partial charge on any atom is -0.453 e. The average Bonchev–Trinajstić information content (AvgIpc) is 3.08. The lowest BCUT2D eigenvalue weighted by molar-refractivity contribution is -0.154. The van der Waals surface area contributed by atoms with Crippen LogP contribution >= 0.6 is 11.3 Å². The molecule has 1 amide bonds. The Morgan fingerprint density at radius 3 is 2.62 bits per heavy atom. The fourth-order valence-electron chi connectivity index (χ4n) is 2.47. The average molecular weight is 368 g/mol. The van der Waals surface area contributed by atoms with Gasteiger partial charge in [-0.05, 0) is 24.6 Å². The Kier molecular flexibility index (Phi) is 5.96. The van der Waals surface area contributed by atoms with E-state index >= 15 is 0 Å². The maximum Gasteiger partial charge on any atom is 0.306 e. The van der Waals surface area contributed by atoms with Gasteiger partial charge in [0.2, 0.25) is 0 Å². The summed E-state index contributed by atoms with van der Waals surface area (Å²) in [6, 6.07) is 17.5. The third kappa shape index (κ3) is 4.89. The van der Waals surface area contributed by atoms with E-state index in [1.165, 1.54) is 0 Å². The lowest BCUT2D eigenvalue weighted by atomic mass is 10.2. The van der Waals surface area contributed by atoms with Crippen LogP contribution in [0.5, 0.6) is 0 Å². The molecule has 5 nitrogen and oxygen atoms in total. The molecule has 0 fully saturated rings. The second-order valence-electron chi connectivity index (χ2n) is 5.91. The summed E-state index contributed by atoms with van der Waals surface area (Å²) in [5.74, 6) is -0.700. The Labute approximate surface area is 156 Å². The van der Waals surface area contributed by atoms with Gasteiger partial charge in [0, 0.05) is 13.0 Å². The van der Waals surface area contributed by atoms with Gasteiger partial charge in [0.15, 0.2) is 6.10 Å². The summed E-state index contributed by atoms with van der Waals surface area (Å²) in [5, 5.41) is 3.66. The first-order chi connectivity index (χ1) is 12.6. The first-order valence-corrected chi connectivity index (χ1v) is 9.29. The maximum atomic E-state index is 12.0. The molecule has 1 N–H and O–H groups in total. The molecule has 0 radical (unpaired) electrons. The maximum absolute atomic E-state index is 12.0. The van der Waals surface area contributed by atoms with Gasteiger partial charge in [-0.15, -0.1) is 11.3 Å². The third-order valence-corrected chi connectivity index (χ3v) is 4.96. The van der Waals surface area contributed by atoms with Gasteiger partial charge >= 0.3 is 5.97 Å². The zero-order valence-corrected chi connectivity index (χ0v) is 15.3. The number of para-hydroxylation sites is 1. The molecule has 134 valence electrons. The highest BCUT2D eigenvalue weighted by atomic mass is 32.1. The number of amides is 1. The van der Waals surface area contributed by atoms with Crippen molar-refractivity contribution in [3.05, 3.63) is 65.2 Å². The Morgan fingerprint density at radius 2 is 1.85 bits per heavy atom. The Morgan fingerprint density at radius 1 is 1.12 bits per heavy atom. The van der Waals surface area contributed by atoms with E-state index in [0.29, 0.717) is 13.0 Å². The largest absolute Gasteiger partial charge is 0.453 e. The molecule has 2 aromatic carbocycles. The Hall–Kier alpha value is -2.73. The van der Waals surface area contributed by atoms with Crippen molar-refractivity contribution >= 4 is 33.4 Å². The molecule has 0 bridgehead atoms. The number of aromatic nitrogens is 1. The van der Waals surface area contributed by atoms with Gasteiger partial charge in [-0.2, -0.15) is 0 Å². The molecule has 0 unspecified atom stereocenters. The zero-order chi connectivity index (χ0) is 18.4. The van der Waals surface area contributed by atoms with Crippen LogP contribution in [0.15, 0.2) is 54.6 Å². The van der Waals surface area contributed by atoms with Crippen LogP contribution in [0.25, 0.3) is 10.2 Å². The van der Waals surface area contributed by atoms with Gasteiger partial charge in [0.05, 0.1) is 21.6 Å². The number of thiazole rings is 1. The highest BCUT2D eigenvalue weighted by molar-refractivity contribution is 7.18. The first kappa shape index (κ1) is 18.1. The molecule has 3 aromatic rings. The van der Waals surface area contributed by atoms with Crippen molar-refractivity contribution < 1.29 is 14.3 Å². The number of carbonyl (C=O) groups excluding carboxylic acids is 2. The van der Waals surface area contributed by atoms with Crippen LogP contribution in [0.1, 0.15) is 23.9 Å². The Balaban J connectivity index is 1.44. The molecule has 0 spiro atoms. The lowest BCUT2D eigenvalue weighted by Crippen LogP contribution is -2.35. The predicted octanol–water partition coefficient (Wildman–Crippen LogP) is 3.48. The Bertz CT molecular complexity index is 859. The van der Waals surface area contributed by atoms with Crippen LogP contribution in [0, 0.1) is 0 Å². The van der Waals surface area contributed by atoms with Crippen LogP contribution in [0.3, 0.4) is 0 Å². The summed E-state index contributed by atoms with van der Waals surface area (Å²) in [5.41, 5.74) is 1.93.